The molecule has 0 aliphatic carbocycles. The first-order chi connectivity index (χ1) is 10.1. The molecule has 1 amide bonds. The van der Waals surface area contributed by atoms with Gasteiger partial charge >= 0.3 is 12.1 Å². The molecule has 21 heavy (non-hydrogen) atoms. The third-order valence-corrected chi connectivity index (χ3v) is 3.93. The van der Waals surface area contributed by atoms with Crippen molar-refractivity contribution in [2.24, 2.45) is 0 Å². The maximum atomic E-state index is 12.0. The minimum Gasteiger partial charge on any atom is -0.465 e. The number of esters is 1. The smallest absolute Gasteiger partial charge is 0.414 e. The van der Waals surface area contributed by atoms with E-state index in [2.05, 4.69) is 4.74 Å². The van der Waals surface area contributed by atoms with E-state index in [4.69, 9.17) is 4.74 Å². The molecule has 0 unspecified atom stereocenters. The highest BCUT2D eigenvalue weighted by Crippen LogP contribution is 2.26. The highest BCUT2D eigenvalue weighted by atomic mass is 32.1. The van der Waals surface area contributed by atoms with E-state index in [1.807, 2.05) is 30.3 Å². The minimum absolute atomic E-state index is 0.208. The highest BCUT2D eigenvalue weighted by Gasteiger charge is 2.17. The standard InChI is InChI=1S/C15H15NO4S/c1-16(13-9-8-12(21-13)14(17)19-2)15(18)20-10-11-6-4-3-5-7-11/h3-9H,10H2,1-2H3. The molecule has 0 saturated carbocycles. The second-order valence-electron chi connectivity index (χ2n) is 4.23. The number of hydrogen-bond acceptors (Lipinski definition) is 5. The monoisotopic (exact) mass is 305 g/mol. The number of carbonyl (C=O) groups excluding carboxylic acids is 2. The molecule has 0 saturated heterocycles. The highest BCUT2D eigenvalue weighted by molar-refractivity contribution is 7.18. The lowest BCUT2D eigenvalue weighted by atomic mass is 10.2. The average Bonchev–Trinajstić information content (AvgIpc) is 3.02. The molecule has 0 spiro atoms. The second kappa shape index (κ2) is 6.90. The summed E-state index contributed by atoms with van der Waals surface area (Å²) >= 11 is 1.17. The van der Waals surface area contributed by atoms with E-state index in [1.54, 1.807) is 19.2 Å². The summed E-state index contributed by atoms with van der Waals surface area (Å²) in [6.45, 7) is 0.208. The lowest BCUT2D eigenvalue weighted by Gasteiger charge is -2.14. The largest absolute Gasteiger partial charge is 0.465 e. The normalized spacial score (nSPS) is 10.0. The summed E-state index contributed by atoms with van der Waals surface area (Å²) in [5.41, 5.74) is 0.917. The first-order valence-corrected chi connectivity index (χ1v) is 7.06. The fourth-order valence-electron chi connectivity index (χ4n) is 1.62. The van der Waals surface area contributed by atoms with Crippen LogP contribution in [0.1, 0.15) is 15.2 Å². The molecular formula is C15H15NO4S. The third kappa shape index (κ3) is 3.82. The Hall–Kier alpha value is -2.34. The van der Waals surface area contributed by atoms with Crippen molar-refractivity contribution in [3.8, 4) is 0 Å². The van der Waals surface area contributed by atoms with Crippen LogP contribution in [0.15, 0.2) is 42.5 Å². The fourth-order valence-corrected chi connectivity index (χ4v) is 2.50. The Labute approximate surface area is 126 Å². The van der Waals surface area contributed by atoms with Gasteiger partial charge in [0.05, 0.1) is 7.11 Å². The van der Waals surface area contributed by atoms with E-state index < -0.39 is 12.1 Å². The fraction of sp³-hybridized carbons (Fsp3) is 0.200. The molecule has 110 valence electrons. The zero-order valence-corrected chi connectivity index (χ0v) is 12.6. The van der Waals surface area contributed by atoms with Crippen molar-refractivity contribution in [2.75, 3.05) is 19.1 Å². The number of rotatable bonds is 4. The van der Waals surface area contributed by atoms with E-state index in [0.29, 0.717) is 9.88 Å². The summed E-state index contributed by atoms with van der Waals surface area (Å²) in [5.74, 6) is -0.419. The van der Waals surface area contributed by atoms with Crippen LogP contribution in [-0.2, 0) is 16.1 Å². The van der Waals surface area contributed by atoms with Crippen molar-refractivity contribution >= 4 is 28.4 Å². The molecule has 0 fully saturated rings. The van der Waals surface area contributed by atoms with E-state index in [9.17, 15) is 9.59 Å². The van der Waals surface area contributed by atoms with Gasteiger partial charge in [0.2, 0.25) is 0 Å². The summed E-state index contributed by atoms with van der Waals surface area (Å²) in [7, 11) is 2.92. The third-order valence-electron chi connectivity index (χ3n) is 2.79. The van der Waals surface area contributed by atoms with E-state index in [0.717, 1.165) is 5.56 Å². The predicted octanol–water partition coefficient (Wildman–Crippen LogP) is 3.31. The van der Waals surface area contributed by atoms with Crippen LogP contribution in [0.25, 0.3) is 0 Å². The SMILES string of the molecule is COC(=O)c1ccc(N(C)C(=O)OCc2ccccc2)s1. The van der Waals surface area contributed by atoms with Crippen LogP contribution in [0.3, 0.4) is 0 Å². The molecule has 0 bridgehead atoms. The number of methoxy groups -OCH3 is 1. The lowest BCUT2D eigenvalue weighted by molar-refractivity contribution is 0.0606. The molecule has 0 N–H and O–H groups in total. The molecule has 2 rings (SSSR count). The van der Waals surface area contributed by atoms with E-state index in [1.165, 1.54) is 23.3 Å². The first kappa shape index (κ1) is 15.1. The average molecular weight is 305 g/mol. The number of ether oxygens (including phenoxy) is 2. The van der Waals surface area contributed by atoms with Gasteiger partial charge in [-0.1, -0.05) is 30.3 Å². The Morgan fingerprint density at radius 1 is 1.14 bits per heavy atom. The molecule has 6 heteroatoms. The minimum atomic E-state index is -0.475. The number of amides is 1. The van der Waals surface area contributed by atoms with Gasteiger partial charge in [-0.05, 0) is 17.7 Å². The van der Waals surface area contributed by atoms with Crippen LogP contribution < -0.4 is 4.90 Å². The van der Waals surface area contributed by atoms with Crippen molar-refractivity contribution in [1.82, 2.24) is 0 Å². The predicted molar refractivity (Wildman–Crippen MR) is 80.7 cm³/mol. The Bertz CT molecular complexity index is 624. The topological polar surface area (TPSA) is 55.8 Å². The summed E-state index contributed by atoms with van der Waals surface area (Å²) in [5, 5.41) is 0.619. The maximum absolute atomic E-state index is 12.0. The zero-order chi connectivity index (χ0) is 15.2. The molecular weight excluding hydrogens is 290 g/mol. The van der Waals surface area contributed by atoms with Gasteiger partial charge in [0.15, 0.2) is 0 Å². The van der Waals surface area contributed by atoms with E-state index in [-0.39, 0.29) is 6.61 Å². The number of thiophene rings is 1. The van der Waals surface area contributed by atoms with Crippen LogP contribution in [0.5, 0.6) is 0 Å². The summed E-state index contributed by atoms with van der Waals surface area (Å²) in [6.07, 6.45) is -0.475. The second-order valence-corrected chi connectivity index (χ2v) is 5.29. The molecule has 1 aromatic heterocycles. The molecule has 2 aromatic rings. The Morgan fingerprint density at radius 2 is 1.86 bits per heavy atom. The first-order valence-electron chi connectivity index (χ1n) is 6.24. The van der Waals surface area contributed by atoms with Gasteiger partial charge in [0.1, 0.15) is 16.5 Å². The molecule has 0 radical (unpaired) electrons. The van der Waals surface area contributed by atoms with Crippen molar-refractivity contribution in [3.05, 3.63) is 52.9 Å². The Balaban J connectivity index is 1.96. The summed E-state index contributed by atoms with van der Waals surface area (Å²) in [6, 6.07) is 12.7. The molecule has 5 nitrogen and oxygen atoms in total. The molecule has 0 aliphatic rings. The molecule has 0 aliphatic heterocycles. The van der Waals surface area contributed by atoms with Crippen molar-refractivity contribution < 1.29 is 19.1 Å². The van der Waals surface area contributed by atoms with Crippen LogP contribution in [-0.4, -0.2) is 26.2 Å². The van der Waals surface area contributed by atoms with Gasteiger partial charge in [0, 0.05) is 7.05 Å². The molecule has 1 heterocycles. The molecule has 1 aromatic carbocycles. The molecule has 0 atom stereocenters. The Kier molecular flexibility index (Phi) is 4.94. The van der Waals surface area contributed by atoms with Gasteiger partial charge < -0.3 is 9.47 Å². The van der Waals surface area contributed by atoms with E-state index >= 15 is 0 Å². The number of hydrogen-bond donors (Lipinski definition) is 0. The van der Waals surface area contributed by atoms with Gasteiger partial charge in [-0.25, -0.2) is 9.59 Å². The number of benzene rings is 1. The quantitative estimate of drug-likeness (QED) is 0.813. The maximum Gasteiger partial charge on any atom is 0.414 e. The Morgan fingerprint density at radius 3 is 2.52 bits per heavy atom. The number of carbonyl (C=O) groups is 2. The van der Waals surface area contributed by atoms with Gasteiger partial charge in [-0.3, -0.25) is 4.90 Å². The van der Waals surface area contributed by atoms with Crippen LogP contribution in [0.4, 0.5) is 9.80 Å². The van der Waals surface area contributed by atoms with Crippen molar-refractivity contribution in [1.29, 1.82) is 0 Å². The number of anilines is 1. The number of nitrogens with zero attached hydrogens (tertiary/aromatic N) is 1. The zero-order valence-electron chi connectivity index (χ0n) is 11.7. The van der Waals surface area contributed by atoms with Crippen molar-refractivity contribution in [2.45, 2.75) is 6.61 Å². The van der Waals surface area contributed by atoms with Crippen LogP contribution in [0.2, 0.25) is 0 Å². The lowest BCUT2D eigenvalue weighted by Crippen LogP contribution is -2.26. The van der Waals surface area contributed by atoms with Gasteiger partial charge in [-0.2, -0.15) is 0 Å². The van der Waals surface area contributed by atoms with Gasteiger partial charge in [-0.15, -0.1) is 11.3 Å². The summed E-state index contributed by atoms with van der Waals surface area (Å²) < 4.78 is 9.85. The summed E-state index contributed by atoms with van der Waals surface area (Å²) in [4.78, 5) is 25.1. The van der Waals surface area contributed by atoms with Crippen LogP contribution >= 0.6 is 11.3 Å². The van der Waals surface area contributed by atoms with Crippen molar-refractivity contribution in [3.63, 3.8) is 0 Å². The van der Waals surface area contributed by atoms with Crippen LogP contribution in [0, 0.1) is 0 Å². The van der Waals surface area contributed by atoms with Gasteiger partial charge in [0.25, 0.3) is 0 Å².